The Hall–Kier alpha value is -1.10. The molecule has 0 bridgehead atoms. The zero-order valence-corrected chi connectivity index (χ0v) is 12.5. The van der Waals surface area contributed by atoms with E-state index in [4.69, 9.17) is 11.6 Å². The number of anilines is 1. The van der Waals surface area contributed by atoms with Crippen molar-refractivity contribution in [2.45, 2.75) is 38.8 Å². The molecule has 0 aromatic heterocycles. The van der Waals surface area contributed by atoms with Crippen molar-refractivity contribution in [3.63, 3.8) is 0 Å². The summed E-state index contributed by atoms with van der Waals surface area (Å²) in [5, 5.41) is 16.2. The molecule has 0 aliphatic carbocycles. The third-order valence-electron chi connectivity index (χ3n) is 3.37. The van der Waals surface area contributed by atoms with Gasteiger partial charge in [0, 0.05) is 5.54 Å². The Labute approximate surface area is 119 Å². The molecule has 1 amide bonds. The van der Waals surface area contributed by atoms with Crippen molar-refractivity contribution in [2.75, 3.05) is 11.9 Å². The van der Waals surface area contributed by atoms with Crippen LogP contribution in [0.15, 0.2) is 24.3 Å². The molecule has 3 N–H and O–H groups in total. The summed E-state index contributed by atoms with van der Waals surface area (Å²) in [7, 11) is 0. The average molecular weight is 285 g/mol. The van der Waals surface area contributed by atoms with Crippen LogP contribution in [0.2, 0.25) is 5.02 Å². The first kappa shape index (κ1) is 16.0. The van der Waals surface area contributed by atoms with Crippen molar-refractivity contribution < 1.29 is 9.90 Å². The number of aliphatic hydroxyl groups is 1. The quantitative estimate of drug-likeness (QED) is 0.778. The second kappa shape index (κ2) is 5.90. The van der Waals surface area contributed by atoms with E-state index in [1.807, 2.05) is 13.8 Å². The lowest BCUT2D eigenvalue weighted by Gasteiger charge is -2.38. The number of hydrogen-bond donors (Lipinski definition) is 3. The van der Waals surface area contributed by atoms with E-state index in [2.05, 4.69) is 10.6 Å². The van der Waals surface area contributed by atoms with Crippen molar-refractivity contribution in [3.8, 4) is 0 Å². The molecule has 19 heavy (non-hydrogen) atoms. The van der Waals surface area contributed by atoms with Crippen molar-refractivity contribution in [3.05, 3.63) is 29.3 Å². The average Bonchev–Trinajstić information content (AvgIpc) is 2.28. The number of nitrogens with one attached hydrogen (secondary N) is 2. The zero-order valence-electron chi connectivity index (χ0n) is 11.7. The van der Waals surface area contributed by atoms with Crippen LogP contribution in [0, 0.1) is 0 Å². The molecular weight excluding hydrogens is 264 g/mol. The molecular formula is C14H21ClN2O2. The van der Waals surface area contributed by atoms with E-state index in [1.165, 1.54) is 0 Å². The van der Waals surface area contributed by atoms with Gasteiger partial charge in [0.1, 0.15) is 0 Å². The minimum Gasteiger partial charge on any atom is -0.389 e. The Bertz CT molecular complexity index is 453. The molecule has 0 spiro atoms. The summed E-state index contributed by atoms with van der Waals surface area (Å²) in [4.78, 5) is 11.8. The summed E-state index contributed by atoms with van der Waals surface area (Å²) in [6.45, 7) is 7.19. The van der Waals surface area contributed by atoms with E-state index in [0.29, 0.717) is 10.7 Å². The molecule has 0 aliphatic heterocycles. The van der Waals surface area contributed by atoms with Gasteiger partial charge in [-0.25, -0.2) is 0 Å². The molecule has 106 valence electrons. The lowest BCUT2D eigenvalue weighted by molar-refractivity contribution is -0.116. The van der Waals surface area contributed by atoms with E-state index < -0.39 is 11.1 Å². The van der Waals surface area contributed by atoms with Gasteiger partial charge >= 0.3 is 0 Å². The molecule has 0 aliphatic rings. The molecule has 0 saturated carbocycles. The summed E-state index contributed by atoms with van der Waals surface area (Å²) in [6.07, 6.45) is 0. The minimum atomic E-state index is -0.933. The van der Waals surface area contributed by atoms with Crippen LogP contribution in [0.4, 0.5) is 5.69 Å². The second-order valence-corrected chi connectivity index (χ2v) is 5.97. The molecule has 1 aromatic rings. The van der Waals surface area contributed by atoms with Gasteiger partial charge < -0.3 is 15.7 Å². The van der Waals surface area contributed by atoms with Gasteiger partial charge in [-0.05, 0) is 39.8 Å². The van der Waals surface area contributed by atoms with Gasteiger partial charge in [0.25, 0.3) is 0 Å². The highest BCUT2D eigenvalue weighted by Crippen LogP contribution is 2.21. The summed E-state index contributed by atoms with van der Waals surface area (Å²) < 4.78 is 0. The second-order valence-electron chi connectivity index (χ2n) is 5.57. The van der Waals surface area contributed by atoms with E-state index in [1.54, 1.807) is 38.1 Å². The number of hydrogen-bond acceptors (Lipinski definition) is 3. The number of carbonyl (C=O) groups is 1. The molecule has 0 fully saturated rings. The molecule has 0 saturated heterocycles. The fraction of sp³-hybridized carbons (Fsp3) is 0.500. The first-order valence-corrected chi connectivity index (χ1v) is 6.53. The number of carbonyl (C=O) groups excluding carboxylic acids is 1. The van der Waals surface area contributed by atoms with E-state index in [-0.39, 0.29) is 12.5 Å². The summed E-state index contributed by atoms with van der Waals surface area (Å²) >= 11 is 5.96. The Morgan fingerprint density at radius 3 is 2.37 bits per heavy atom. The predicted molar refractivity (Wildman–Crippen MR) is 78.5 cm³/mol. The Morgan fingerprint density at radius 2 is 1.84 bits per heavy atom. The highest BCUT2D eigenvalue weighted by atomic mass is 35.5. The van der Waals surface area contributed by atoms with Crippen LogP contribution in [0.1, 0.15) is 27.7 Å². The summed E-state index contributed by atoms with van der Waals surface area (Å²) in [6, 6.07) is 7.05. The van der Waals surface area contributed by atoms with Crippen LogP contribution in [-0.2, 0) is 4.79 Å². The van der Waals surface area contributed by atoms with Crippen LogP contribution < -0.4 is 10.6 Å². The maximum Gasteiger partial charge on any atom is 0.238 e. The number of rotatable bonds is 5. The van der Waals surface area contributed by atoms with Crippen LogP contribution in [-0.4, -0.2) is 28.7 Å². The molecule has 4 nitrogen and oxygen atoms in total. The Balaban J connectivity index is 2.56. The van der Waals surface area contributed by atoms with Gasteiger partial charge in [0.05, 0.1) is 22.9 Å². The lowest BCUT2D eigenvalue weighted by atomic mass is 9.86. The molecule has 5 heteroatoms. The predicted octanol–water partition coefficient (Wildman–Crippen LogP) is 2.42. The largest absolute Gasteiger partial charge is 0.389 e. The van der Waals surface area contributed by atoms with Crippen molar-refractivity contribution in [1.29, 1.82) is 0 Å². The van der Waals surface area contributed by atoms with E-state index >= 15 is 0 Å². The molecule has 0 heterocycles. The smallest absolute Gasteiger partial charge is 0.238 e. The number of benzene rings is 1. The first-order valence-electron chi connectivity index (χ1n) is 6.15. The highest BCUT2D eigenvalue weighted by Gasteiger charge is 2.34. The third-order valence-corrected chi connectivity index (χ3v) is 3.70. The van der Waals surface area contributed by atoms with Gasteiger partial charge in [0.15, 0.2) is 0 Å². The fourth-order valence-corrected chi connectivity index (χ4v) is 1.46. The molecule has 0 unspecified atom stereocenters. The number of amides is 1. The van der Waals surface area contributed by atoms with E-state index in [9.17, 15) is 9.90 Å². The van der Waals surface area contributed by atoms with Gasteiger partial charge in [0.2, 0.25) is 5.91 Å². The third kappa shape index (κ3) is 4.49. The molecule has 1 aromatic carbocycles. The fourth-order valence-electron chi connectivity index (χ4n) is 1.27. The van der Waals surface area contributed by atoms with Crippen LogP contribution >= 0.6 is 11.6 Å². The zero-order chi connectivity index (χ0) is 14.7. The van der Waals surface area contributed by atoms with Crippen LogP contribution in [0.25, 0.3) is 0 Å². The van der Waals surface area contributed by atoms with Crippen molar-refractivity contribution >= 4 is 23.2 Å². The first-order chi connectivity index (χ1) is 8.63. The van der Waals surface area contributed by atoms with Gasteiger partial charge in [-0.2, -0.15) is 0 Å². The molecule has 0 radical (unpaired) electrons. The maximum absolute atomic E-state index is 11.8. The lowest BCUT2D eigenvalue weighted by Crippen LogP contribution is -2.57. The Morgan fingerprint density at radius 1 is 1.26 bits per heavy atom. The summed E-state index contributed by atoms with van der Waals surface area (Å²) in [5.41, 5.74) is -0.931. The topological polar surface area (TPSA) is 61.4 Å². The minimum absolute atomic E-state index is 0.0994. The van der Waals surface area contributed by atoms with Gasteiger partial charge in [-0.3, -0.25) is 4.79 Å². The van der Waals surface area contributed by atoms with Gasteiger partial charge in [-0.1, -0.05) is 23.7 Å². The Kier molecular flexibility index (Phi) is 4.96. The maximum atomic E-state index is 11.8. The number of halogens is 1. The molecule has 0 atom stereocenters. The highest BCUT2D eigenvalue weighted by molar-refractivity contribution is 6.33. The van der Waals surface area contributed by atoms with Gasteiger partial charge in [-0.15, -0.1) is 0 Å². The SMILES string of the molecule is CC(C)(O)C(C)(C)NCC(=O)Nc1ccccc1Cl. The molecule has 1 rings (SSSR count). The van der Waals surface area contributed by atoms with Crippen molar-refractivity contribution in [1.82, 2.24) is 5.32 Å². The van der Waals surface area contributed by atoms with E-state index in [0.717, 1.165) is 0 Å². The monoisotopic (exact) mass is 284 g/mol. The van der Waals surface area contributed by atoms with Crippen molar-refractivity contribution in [2.24, 2.45) is 0 Å². The normalized spacial score (nSPS) is 12.3. The standard InChI is InChI=1S/C14H21ClN2O2/c1-13(2,14(3,4)19)16-9-12(18)17-11-8-6-5-7-10(11)15/h5-8,16,19H,9H2,1-4H3,(H,17,18). The summed E-state index contributed by atoms with van der Waals surface area (Å²) in [5.74, 6) is -0.203. The number of para-hydroxylation sites is 1. The van der Waals surface area contributed by atoms with Crippen LogP contribution in [0.3, 0.4) is 0 Å². The van der Waals surface area contributed by atoms with Crippen LogP contribution in [0.5, 0.6) is 0 Å².